The molecular formula is C18H24N4O3. The van der Waals surface area contributed by atoms with Crippen LogP contribution >= 0.6 is 0 Å². The Morgan fingerprint density at radius 2 is 1.84 bits per heavy atom. The Bertz CT molecular complexity index is 610. The van der Waals surface area contributed by atoms with Crippen LogP contribution in [0.25, 0.3) is 0 Å². The van der Waals surface area contributed by atoms with E-state index in [-0.39, 0.29) is 24.4 Å². The zero-order valence-corrected chi connectivity index (χ0v) is 14.3. The Balaban J connectivity index is 2.39. The number of amides is 4. The summed E-state index contributed by atoms with van der Waals surface area (Å²) in [4.78, 5) is 34.9. The monoisotopic (exact) mass is 344 g/mol. The first-order valence-electron chi connectivity index (χ1n) is 8.07. The van der Waals surface area contributed by atoms with E-state index in [1.54, 1.807) is 0 Å². The van der Waals surface area contributed by atoms with Crippen LogP contribution in [0.1, 0.15) is 25.3 Å². The van der Waals surface area contributed by atoms with Gasteiger partial charge in [-0.2, -0.15) is 0 Å². The maximum absolute atomic E-state index is 12.3. The molecular weight excluding hydrogens is 320 g/mol. The van der Waals surface area contributed by atoms with E-state index in [9.17, 15) is 14.4 Å². The highest BCUT2D eigenvalue weighted by Crippen LogP contribution is 2.01. The highest BCUT2D eigenvalue weighted by atomic mass is 16.2. The first kappa shape index (κ1) is 20.0. The van der Waals surface area contributed by atoms with Crippen LogP contribution in [-0.4, -0.2) is 37.0 Å². The van der Waals surface area contributed by atoms with Crippen molar-refractivity contribution in [2.75, 3.05) is 13.1 Å². The Labute approximate surface area is 147 Å². The van der Waals surface area contributed by atoms with Gasteiger partial charge in [0.2, 0.25) is 11.8 Å². The van der Waals surface area contributed by atoms with Gasteiger partial charge >= 0.3 is 6.03 Å². The summed E-state index contributed by atoms with van der Waals surface area (Å²) >= 11 is 0. The molecule has 4 amide bonds. The van der Waals surface area contributed by atoms with Crippen molar-refractivity contribution in [1.82, 2.24) is 21.3 Å². The van der Waals surface area contributed by atoms with Crippen LogP contribution in [0.15, 0.2) is 30.3 Å². The van der Waals surface area contributed by atoms with Crippen LogP contribution in [0.3, 0.4) is 0 Å². The van der Waals surface area contributed by atoms with Gasteiger partial charge in [0, 0.05) is 20.0 Å². The molecule has 1 rings (SSSR count). The zero-order chi connectivity index (χ0) is 18.5. The Morgan fingerprint density at radius 3 is 2.48 bits per heavy atom. The number of rotatable bonds is 9. The van der Waals surface area contributed by atoms with Crippen molar-refractivity contribution >= 4 is 17.8 Å². The molecule has 134 valence electrons. The highest BCUT2D eigenvalue weighted by molar-refractivity contribution is 5.86. The number of hydrogen-bond acceptors (Lipinski definition) is 3. The summed E-state index contributed by atoms with van der Waals surface area (Å²) in [6.07, 6.45) is 5.99. The van der Waals surface area contributed by atoms with E-state index >= 15 is 0 Å². The van der Waals surface area contributed by atoms with E-state index in [2.05, 4.69) is 27.2 Å². The number of urea groups is 1. The summed E-state index contributed by atoms with van der Waals surface area (Å²) in [6.45, 7) is 2.28. The molecule has 1 atom stereocenters. The summed E-state index contributed by atoms with van der Waals surface area (Å²) in [6, 6.07) is 8.50. The first-order chi connectivity index (χ1) is 12.0. The second-order valence-corrected chi connectivity index (χ2v) is 5.41. The lowest BCUT2D eigenvalue weighted by Gasteiger charge is -2.18. The standard InChI is InChI=1S/C18H24N4O3/c1-3-11-19-18(25)20-12-7-10-16(22-14(2)23)17(24)21-13-15-8-5-4-6-9-15/h1,4-6,8-9,16H,7,10-13H2,2H3,(H,21,24)(H,22,23)(H2,19,20,25)/t16-/m1/s1. The van der Waals surface area contributed by atoms with Crippen LogP contribution in [0.5, 0.6) is 0 Å². The average Bonchev–Trinajstić information content (AvgIpc) is 2.61. The van der Waals surface area contributed by atoms with Crippen LogP contribution in [0.4, 0.5) is 4.79 Å². The average molecular weight is 344 g/mol. The molecule has 4 N–H and O–H groups in total. The van der Waals surface area contributed by atoms with E-state index in [4.69, 9.17) is 6.42 Å². The van der Waals surface area contributed by atoms with E-state index in [0.717, 1.165) is 5.56 Å². The van der Waals surface area contributed by atoms with Crippen molar-refractivity contribution in [2.24, 2.45) is 0 Å². The molecule has 0 saturated carbocycles. The lowest BCUT2D eigenvalue weighted by atomic mass is 10.1. The van der Waals surface area contributed by atoms with Gasteiger partial charge in [0.1, 0.15) is 6.04 Å². The van der Waals surface area contributed by atoms with E-state index in [1.165, 1.54) is 6.92 Å². The summed E-state index contributed by atoms with van der Waals surface area (Å²) in [7, 11) is 0. The quantitative estimate of drug-likeness (QED) is 0.388. The van der Waals surface area contributed by atoms with Gasteiger partial charge in [-0.1, -0.05) is 36.3 Å². The predicted molar refractivity (Wildman–Crippen MR) is 95.4 cm³/mol. The molecule has 7 heteroatoms. The fourth-order valence-electron chi connectivity index (χ4n) is 2.12. The molecule has 0 aromatic heterocycles. The summed E-state index contributed by atoms with van der Waals surface area (Å²) in [5.41, 5.74) is 0.976. The Morgan fingerprint density at radius 1 is 1.12 bits per heavy atom. The van der Waals surface area contributed by atoms with Crippen molar-refractivity contribution in [3.05, 3.63) is 35.9 Å². The number of benzene rings is 1. The van der Waals surface area contributed by atoms with E-state index in [1.807, 2.05) is 30.3 Å². The minimum atomic E-state index is -0.642. The SMILES string of the molecule is C#CCNC(=O)NCCC[C@@H](NC(C)=O)C(=O)NCc1ccccc1. The van der Waals surface area contributed by atoms with E-state index < -0.39 is 6.04 Å². The predicted octanol–water partition coefficient (Wildman–Crippen LogP) is 0.520. The van der Waals surface area contributed by atoms with Gasteiger partial charge in [-0.15, -0.1) is 6.42 Å². The molecule has 25 heavy (non-hydrogen) atoms. The molecule has 0 aliphatic rings. The van der Waals surface area contributed by atoms with Gasteiger partial charge in [-0.3, -0.25) is 9.59 Å². The third kappa shape index (κ3) is 9.01. The third-order valence-corrected chi connectivity index (χ3v) is 3.31. The molecule has 0 aliphatic carbocycles. The van der Waals surface area contributed by atoms with Gasteiger partial charge in [-0.05, 0) is 18.4 Å². The summed E-state index contributed by atoms with van der Waals surface area (Å²) in [5, 5.41) is 10.6. The Kier molecular flexibility index (Phi) is 9.23. The van der Waals surface area contributed by atoms with Crippen molar-refractivity contribution in [3.63, 3.8) is 0 Å². The smallest absolute Gasteiger partial charge is 0.315 e. The topological polar surface area (TPSA) is 99.3 Å². The molecule has 1 aromatic rings. The largest absolute Gasteiger partial charge is 0.350 e. The fraction of sp³-hybridized carbons (Fsp3) is 0.389. The minimum Gasteiger partial charge on any atom is -0.350 e. The molecule has 0 bridgehead atoms. The van der Waals surface area contributed by atoms with Crippen LogP contribution in [0.2, 0.25) is 0 Å². The second kappa shape index (κ2) is 11.5. The van der Waals surface area contributed by atoms with Gasteiger partial charge in [0.05, 0.1) is 6.54 Å². The highest BCUT2D eigenvalue weighted by Gasteiger charge is 2.18. The number of carbonyl (C=O) groups excluding carboxylic acids is 3. The Hall–Kier alpha value is -3.01. The summed E-state index contributed by atoms with van der Waals surface area (Å²) in [5.74, 6) is 1.77. The first-order valence-corrected chi connectivity index (χ1v) is 8.07. The van der Waals surface area contributed by atoms with Gasteiger partial charge in [-0.25, -0.2) is 4.79 Å². The summed E-state index contributed by atoms with van der Waals surface area (Å²) < 4.78 is 0. The molecule has 7 nitrogen and oxygen atoms in total. The van der Waals surface area contributed by atoms with E-state index in [0.29, 0.717) is 25.9 Å². The number of hydrogen-bond donors (Lipinski definition) is 4. The van der Waals surface area contributed by atoms with Crippen molar-refractivity contribution in [2.45, 2.75) is 32.4 Å². The lowest BCUT2D eigenvalue weighted by Crippen LogP contribution is -2.46. The molecule has 0 fully saturated rings. The molecule has 0 unspecified atom stereocenters. The van der Waals surface area contributed by atoms with Crippen molar-refractivity contribution in [3.8, 4) is 12.3 Å². The number of carbonyl (C=O) groups is 3. The maximum Gasteiger partial charge on any atom is 0.315 e. The van der Waals surface area contributed by atoms with Gasteiger partial charge in [0.25, 0.3) is 0 Å². The van der Waals surface area contributed by atoms with Crippen LogP contribution in [-0.2, 0) is 16.1 Å². The second-order valence-electron chi connectivity index (χ2n) is 5.41. The molecule has 0 radical (unpaired) electrons. The molecule has 0 heterocycles. The molecule has 0 spiro atoms. The van der Waals surface area contributed by atoms with Crippen molar-refractivity contribution in [1.29, 1.82) is 0 Å². The minimum absolute atomic E-state index is 0.155. The van der Waals surface area contributed by atoms with Gasteiger partial charge < -0.3 is 21.3 Å². The molecule has 0 aliphatic heterocycles. The maximum atomic E-state index is 12.3. The molecule has 1 aromatic carbocycles. The van der Waals surface area contributed by atoms with Crippen molar-refractivity contribution < 1.29 is 14.4 Å². The third-order valence-electron chi connectivity index (χ3n) is 3.31. The van der Waals surface area contributed by atoms with Gasteiger partial charge in [0.15, 0.2) is 0 Å². The number of terminal acetylenes is 1. The zero-order valence-electron chi connectivity index (χ0n) is 14.3. The fourth-order valence-corrected chi connectivity index (χ4v) is 2.12. The van der Waals surface area contributed by atoms with Crippen LogP contribution in [0, 0.1) is 12.3 Å². The normalized spacial score (nSPS) is 10.9. The number of nitrogens with one attached hydrogen (secondary N) is 4. The van der Waals surface area contributed by atoms with Crippen LogP contribution < -0.4 is 21.3 Å². The molecule has 0 saturated heterocycles. The lowest BCUT2D eigenvalue weighted by molar-refractivity contribution is -0.128.